The van der Waals surface area contributed by atoms with Gasteiger partial charge < -0.3 is 10.6 Å². The molecule has 2 rings (SSSR count). The van der Waals surface area contributed by atoms with Crippen LogP contribution in [-0.2, 0) is 10.0 Å². The van der Waals surface area contributed by atoms with E-state index in [1.807, 2.05) is 7.05 Å². The molecule has 1 aliphatic heterocycles. The Hall–Kier alpha value is -1.11. The molecule has 0 aromatic heterocycles. The topological polar surface area (TPSA) is 75.4 Å². The highest BCUT2D eigenvalue weighted by Gasteiger charge is 2.24. The molecule has 3 N–H and O–H groups in total. The van der Waals surface area contributed by atoms with Crippen molar-refractivity contribution in [3.63, 3.8) is 0 Å². The second-order valence-electron chi connectivity index (χ2n) is 5.15. The third kappa shape index (κ3) is 3.26. The number of nitrogen functional groups attached to an aromatic ring is 1. The summed E-state index contributed by atoms with van der Waals surface area (Å²) in [4.78, 5) is 2.46. The minimum Gasteiger partial charge on any atom is -0.399 e. The van der Waals surface area contributed by atoms with Gasteiger partial charge in [-0.2, -0.15) is 0 Å². The van der Waals surface area contributed by atoms with E-state index in [0.29, 0.717) is 17.8 Å². The Kier molecular flexibility index (Phi) is 4.13. The molecular weight excluding hydrogens is 262 g/mol. The zero-order valence-electron chi connectivity index (χ0n) is 11.4. The maximum Gasteiger partial charge on any atom is 0.240 e. The molecule has 0 saturated carbocycles. The number of benzene rings is 1. The minimum atomic E-state index is -3.48. The molecule has 1 aromatic carbocycles. The number of likely N-dealkylation sites (tertiary alicyclic amines) is 1. The van der Waals surface area contributed by atoms with Crippen molar-refractivity contribution in [3.05, 3.63) is 23.8 Å². The van der Waals surface area contributed by atoms with E-state index in [9.17, 15) is 8.42 Å². The van der Waals surface area contributed by atoms with Gasteiger partial charge in [0, 0.05) is 18.3 Å². The highest BCUT2D eigenvalue weighted by Crippen LogP contribution is 2.19. The van der Waals surface area contributed by atoms with Gasteiger partial charge in [0.05, 0.1) is 4.90 Å². The monoisotopic (exact) mass is 283 g/mol. The van der Waals surface area contributed by atoms with Gasteiger partial charge in [-0.3, -0.25) is 0 Å². The van der Waals surface area contributed by atoms with Crippen LogP contribution < -0.4 is 10.5 Å². The Labute approximate surface area is 114 Å². The summed E-state index contributed by atoms with van der Waals surface area (Å²) in [6, 6.07) is 5.23. The molecule has 0 bridgehead atoms. The quantitative estimate of drug-likeness (QED) is 0.807. The van der Waals surface area contributed by atoms with E-state index in [1.165, 1.54) is 6.07 Å². The Balaban J connectivity index is 2.12. The third-order valence-corrected chi connectivity index (χ3v) is 5.25. The highest BCUT2D eigenvalue weighted by atomic mass is 32.2. The van der Waals surface area contributed by atoms with Gasteiger partial charge in [0.15, 0.2) is 0 Å². The number of hydrogen-bond donors (Lipinski definition) is 2. The first-order valence-electron chi connectivity index (χ1n) is 6.46. The van der Waals surface area contributed by atoms with Crippen molar-refractivity contribution >= 4 is 15.7 Å². The number of hydrogen-bond acceptors (Lipinski definition) is 4. The zero-order valence-corrected chi connectivity index (χ0v) is 12.2. The number of anilines is 1. The summed E-state index contributed by atoms with van der Waals surface area (Å²) in [5.41, 5.74) is 6.84. The fraction of sp³-hybridized carbons (Fsp3) is 0.538. The standard InChI is InChI=1S/C13H21N3O2S/c1-10-5-6-11(14)8-13(10)19(17,18)15-9-12-4-3-7-16(12)2/h5-6,8,12,15H,3-4,7,9,14H2,1-2H3. The summed E-state index contributed by atoms with van der Waals surface area (Å²) < 4.78 is 27.3. The van der Waals surface area contributed by atoms with Gasteiger partial charge >= 0.3 is 0 Å². The summed E-state index contributed by atoms with van der Waals surface area (Å²) in [6.07, 6.45) is 2.16. The van der Waals surface area contributed by atoms with Crippen LogP contribution in [0.25, 0.3) is 0 Å². The Morgan fingerprint density at radius 1 is 1.47 bits per heavy atom. The molecule has 106 valence electrons. The predicted octanol–water partition coefficient (Wildman–Crippen LogP) is 0.950. The van der Waals surface area contributed by atoms with E-state index < -0.39 is 10.0 Å². The van der Waals surface area contributed by atoms with Gasteiger partial charge in [-0.1, -0.05) is 6.07 Å². The van der Waals surface area contributed by atoms with Crippen LogP contribution in [0.2, 0.25) is 0 Å². The summed E-state index contributed by atoms with van der Waals surface area (Å²) in [7, 11) is -1.46. The van der Waals surface area contributed by atoms with E-state index in [4.69, 9.17) is 5.73 Å². The molecule has 0 amide bonds. The maximum absolute atomic E-state index is 12.3. The fourth-order valence-corrected chi connectivity index (χ4v) is 3.78. The van der Waals surface area contributed by atoms with Gasteiger partial charge in [0.1, 0.15) is 0 Å². The van der Waals surface area contributed by atoms with Crippen molar-refractivity contribution < 1.29 is 8.42 Å². The molecule has 0 aliphatic carbocycles. The molecule has 1 fully saturated rings. The smallest absolute Gasteiger partial charge is 0.240 e. The molecule has 0 spiro atoms. The number of likely N-dealkylation sites (N-methyl/N-ethyl adjacent to an activating group) is 1. The lowest BCUT2D eigenvalue weighted by Gasteiger charge is -2.20. The van der Waals surface area contributed by atoms with Crippen LogP contribution in [-0.4, -0.2) is 39.5 Å². The molecule has 0 radical (unpaired) electrons. The van der Waals surface area contributed by atoms with Gasteiger partial charge in [0.25, 0.3) is 0 Å². The second-order valence-corrected chi connectivity index (χ2v) is 6.89. The van der Waals surface area contributed by atoms with Crippen molar-refractivity contribution in [2.75, 3.05) is 25.9 Å². The number of sulfonamides is 1. The molecular formula is C13H21N3O2S. The van der Waals surface area contributed by atoms with E-state index in [1.54, 1.807) is 19.1 Å². The number of nitrogens with two attached hydrogens (primary N) is 1. The van der Waals surface area contributed by atoms with E-state index in [0.717, 1.165) is 19.4 Å². The first-order chi connectivity index (χ1) is 8.90. The first kappa shape index (κ1) is 14.3. The van der Waals surface area contributed by atoms with E-state index in [-0.39, 0.29) is 10.9 Å². The lowest BCUT2D eigenvalue weighted by atomic mass is 10.2. The first-order valence-corrected chi connectivity index (χ1v) is 7.94. The van der Waals surface area contributed by atoms with Crippen LogP contribution in [0.1, 0.15) is 18.4 Å². The van der Waals surface area contributed by atoms with Crippen molar-refractivity contribution in [3.8, 4) is 0 Å². The van der Waals surface area contributed by atoms with Crippen LogP contribution >= 0.6 is 0 Å². The predicted molar refractivity (Wildman–Crippen MR) is 76.4 cm³/mol. The average Bonchev–Trinajstić information content (AvgIpc) is 2.75. The Bertz CT molecular complexity index is 557. The maximum atomic E-state index is 12.3. The second kappa shape index (κ2) is 5.48. The summed E-state index contributed by atoms with van der Waals surface area (Å²) in [5.74, 6) is 0. The van der Waals surface area contributed by atoms with Gasteiger partial charge in [0.2, 0.25) is 10.0 Å². The SMILES string of the molecule is Cc1ccc(N)cc1S(=O)(=O)NCC1CCCN1C. The van der Waals surface area contributed by atoms with Crippen molar-refractivity contribution in [2.45, 2.75) is 30.7 Å². The number of nitrogens with zero attached hydrogens (tertiary/aromatic N) is 1. The molecule has 1 aliphatic rings. The van der Waals surface area contributed by atoms with Gasteiger partial charge in [-0.15, -0.1) is 0 Å². The van der Waals surface area contributed by atoms with E-state index in [2.05, 4.69) is 9.62 Å². The van der Waals surface area contributed by atoms with Gasteiger partial charge in [-0.25, -0.2) is 13.1 Å². The number of aryl methyl sites for hydroxylation is 1. The Morgan fingerprint density at radius 3 is 2.84 bits per heavy atom. The van der Waals surface area contributed by atoms with Crippen LogP contribution in [0, 0.1) is 6.92 Å². The number of nitrogens with one attached hydrogen (secondary N) is 1. The summed E-state index contributed by atoms with van der Waals surface area (Å²) in [5, 5.41) is 0. The van der Waals surface area contributed by atoms with Gasteiger partial charge in [-0.05, 0) is 51.1 Å². The average molecular weight is 283 g/mol. The molecule has 19 heavy (non-hydrogen) atoms. The van der Waals surface area contributed by atoms with Crippen LogP contribution in [0.15, 0.2) is 23.1 Å². The molecule has 5 nitrogen and oxygen atoms in total. The zero-order chi connectivity index (χ0) is 14.0. The van der Waals surface area contributed by atoms with Crippen molar-refractivity contribution in [1.29, 1.82) is 0 Å². The van der Waals surface area contributed by atoms with Crippen LogP contribution in [0.4, 0.5) is 5.69 Å². The normalized spacial score (nSPS) is 20.8. The number of rotatable bonds is 4. The molecule has 1 aromatic rings. The molecule has 6 heteroatoms. The molecule has 1 heterocycles. The summed E-state index contributed by atoms with van der Waals surface area (Å²) in [6.45, 7) is 3.26. The Morgan fingerprint density at radius 2 is 2.21 bits per heavy atom. The molecule has 1 unspecified atom stereocenters. The lowest BCUT2D eigenvalue weighted by molar-refractivity contribution is 0.311. The molecule has 1 atom stereocenters. The third-order valence-electron chi connectivity index (χ3n) is 3.68. The minimum absolute atomic E-state index is 0.271. The fourth-order valence-electron chi connectivity index (χ4n) is 2.43. The largest absolute Gasteiger partial charge is 0.399 e. The highest BCUT2D eigenvalue weighted by molar-refractivity contribution is 7.89. The van der Waals surface area contributed by atoms with Crippen molar-refractivity contribution in [1.82, 2.24) is 9.62 Å². The van der Waals surface area contributed by atoms with Crippen molar-refractivity contribution in [2.24, 2.45) is 0 Å². The lowest BCUT2D eigenvalue weighted by Crippen LogP contribution is -2.38. The summed E-state index contributed by atoms with van der Waals surface area (Å²) >= 11 is 0. The van der Waals surface area contributed by atoms with Crippen LogP contribution in [0.3, 0.4) is 0 Å². The molecule has 1 saturated heterocycles. The van der Waals surface area contributed by atoms with Crippen LogP contribution in [0.5, 0.6) is 0 Å². The van der Waals surface area contributed by atoms with E-state index >= 15 is 0 Å².